The molecule has 0 bridgehead atoms. The molecule has 0 unspecified atom stereocenters. The van der Waals surface area contributed by atoms with Gasteiger partial charge in [-0.3, -0.25) is 4.79 Å². The van der Waals surface area contributed by atoms with Crippen LogP contribution in [0, 0.1) is 0 Å². The van der Waals surface area contributed by atoms with Gasteiger partial charge in [0.2, 0.25) is 0 Å². The van der Waals surface area contributed by atoms with Crippen molar-refractivity contribution in [1.29, 1.82) is 0 Å². The molecule has 1 saturated heterocycles. The number of hydrogen-bond donors (Lipinski definition) is 1. The number of thioether (sulfide) groups is 1. The number of hydrogen-bond acceptors (Lipinski definition) is 6. The van der Waals surface area contributed by atoms with E-state index in [1.807, 2.05) is 30.5 Å². The Balaban J connectivity index is 1.82. The number of rotatable bonds is 6. The highest BCUT2D eigenvalue weighted by atomic mass is 32.2. The van der Waals surface area contributed by atoms with Crippen LogP contribution in [0.3, 0.4) is 0 Å². The molecule has 1 aromatic rings. The summed E-state index contributed by atoms with van der Waals surface area (Å²) in [4.78, 5) is 24.9. The Kier molecular flexibility index (Phi) is 6.66. The van der Waals surface area contributed by atoms with Crippen molar-refractivity contribution in [3.8, 4) is 0 Å². The van der Waals surface area contributed by atoms with Crippen LogP contribution in [0.4, 0.5) is 0 Å². The lowest BCUT2D eigenvalue weighted by atomic mass is 10.2. The number of sulfone groups is 1. The SMILES string of the molecule is CSc1ccc(/C=C/C(=O)O[C@@H](C)C(=O)N[C@H]2CCS(=O)(=O)C2)cc1. The van der Waals surface area contributed by atoms with E-state index in [-0.39, 0.29) is 11.5 Å². The zero-order valence-corrected chi connectivity index (χ0v) is 15.7. The quantitative estimate of drug-likeness (QED) is 0.456. The Hall–Kier alpha value is -1.80. The molecule has 1 aliphatic rings. The molecule has 1 heterocycles. The van der Waals surface area contributed by atoms with Crippen LogP contribution in [-0.4, -0.2) is 50.2 Å². The second kappa shape index (κ2) is 8.53. The number of ether oxygens (including phenoxy) is 1. The molecule has 0 radical (unpaired) electrons. The summed E-state index contributed by atoms with van der Waals surface area (Å²) in [5.41, 5.74) is 0.850. The van der Waals surface area contributed by atoms with Crippen molar-refractivity contribution in [2.75, 3.05) is 17.8 Å². The fraction of sp³-hybridized carbons (Fsp3) is 0.412. The first kappa shape index (κ1) is 19.5. The lowest BCUT2D eigenvalue weighted by molar-refractivity contribution is -0.150. The monoisotopic (exact) mass is 383 g/mol. The smallest absolute Gasteiger partial charge is 0.331 e. The number of benzene rings is 1. The van der Waals surface area contributed by atoms with Crippen molar-refractivity contribution in [1.82, 2.24) is 5.32 Å². The largest absolute Gasteiger partial charge is 0.449 e. The normalized spacial score (nSPS) is 20.3. The average Bonchev–Trinajstić information content (AvgIpc) is 2.91. The first-order valence-corrected chi connectivity index (χ1v) is 10.9. The van der Waals surface area contributed by atoms with E-state index in [0.29, 0.717) is 6.42 Å². The molecule has 25 heavy (non-hydrogen) atoms. The maximum Gasteiger partial charge on any atom is 0.331 e. The molecule has 1 N–H and O–H groups in total. The highest BCUT2D eigenvalue weighted by Gasteiger charge is 2.30. The van der Waals surface area contributed by atoms with E-state index in [0.717, 1.165) is 10.5 Å². The fourth-order valence-corrected chi connectivity index (χ4v) is 4.46. The summed E-state index contributed by atoms with van der Waals surface area (Å²) >= 11 is 1.63. The van der Waals surface area contributed by atoms with E-state index in [1.165, 1.54) is 13.0 Å². The molecule has 0 saturated carbocycles. The molecule has 0 spiro atoms. The van der Waals surface area contributed by atoms with Gasteiger partial charge in [-0.05, 0) is 43.4 Å². The molecule has 1 aromatic carbocycles. The van der Waals surface area contributed by atoms with Gasteiger partial charge >= 0.3 is 5.97 Å². The molecule has 8 heteroatoms. The van der Waals surface area contributed by atoms with Gasteiger partial charge in [-0.2, -0.15) is 0 Å². The predicted octanol–water partition coefficient (Wildman–Crippen LogP) is 1.66. The summed E-state index contributed by atoms with van der Waals surface area (Å²) in [6.07, 6.45) is 4.26. The molecule has 1 fully saturated rings. The zero-order valence-electron chi connectivity index (χ0n) is 14.1. The van der Waals surface area contributed by atoms with Crippen molar-refractivity contribution >= 4 is 39.6 Å². The van der Waals surface area contributed by atoms with Crippen molar-refractivity contribution in [3.05, 3.63) is 35.9 Å². The minimum atomic E-state index is -3.07. The first-order chi connectivity index (χ1) is 11.8. The van der Waals surface area contributed by atoms with E-state index in [9.17, 15) is 18.0 Å². The summed E-state index contributed by atoms with van der Waals surface area (Å²) in [6.45, 7) is 1.46. The summed E-state index contributed by atoms with van der Waals surface area (Å²) in [7, 11) is -3.07. The maximum atomic E-state index is 12.0. The summed E-state index contributed by atoms with van der Waals surface area (Å²) in [5, 5.41) is 2.60. The molecular formula is C17H21NO5S2. The third-order valence-electron chi connectivity index (χ3n) is 3.77. The van der Waals surface area contributed by atoms with Crippen molar-refractivity contribution in [3.63, 3.8) is 0 Å². The minimum absolute atomic E-state index is 0.0641. The third-order valence-corrected chi connectivity index (χ3v) is 6.28. The van der Waals surface area contributed by atoms with E-state index in [4.69, 9.17) is 4.74 Å². The van der Waals surface area contributed by atoms with Crippen molar-refractivity contribution < 1.29 is 22.7 Å². The number of carbonyl (C=O) groups excluding carboxylic acids is 2. The lowest BCUT2D eigenvalue weighted by Gasteiger charge is -2.15. The number of esters is 1. The number of amides is 1. The van der Waals surface area contributed by atoms with Gasteiger partial charge in [0.1, 0.15) is 0 Å². The summed E-state index contributed by atoms with van der Waals surface area (Å²) in [5.74, 6) is -1.11. The van der Waals surface area contributed by atoms with Gasteiger partial charge < -0.3 is 10.1 Å². The van der Waals surface area contributed by atoms with Crippen LogP contribution in [0.5, 0.6) is 0 Å². The third kappa shape index (κ3) is 6.21. The topological polar surface area (TPSA) is 89.5 Å². The van der Waals surface area contributed by atoms with E-state index < -0.39 is 33.9 Å². The number of nitrogens with one attached hydrogen (secondary N) is 1. The van der Waals surface area contributed by atoms with Gasteiger partial charge in [-0.1, -0.05) is 12.1 Å². The van der Waals surface area contributed by atoms with E-state index >= 15 is 0 Å². The van der Waals surface area contributed by atoms with Crippen molar-refractivity contribution in [2.45, 2.75) is 30.4 Å². The number of carbonyl (C=O) groups is 2. The second-order valence-corrected chi connectivity index (χ2v) is 8.90. The van der Waals surface area contributed by atoms with Crippen LogP contribution in [-0.2, 0) is 24.2 Å². The lowest BCUT2D eigenvalue weighted by Crippen LogP contribution is -2.42. The molecule has 2 rings (SSSR count). The Labute approximate surface area is 151 Å². The standard InChI is InChI=1S/C17H21NO5S2/c1-12(17(20)18-14-9-10-25(21,22)11-14)23-16(19)8-5-13-3-6-15(24-2)7-4-13/h3-8,12,14H,9-11H2,1-2H3,(H,18,20)/b8-5+/t12-,14-/m0/s1. The fourth-order valence-electron chi connectivity index (χ4n) is 2.37. The van der Waals surface area contributed by atoms with Crippen LogP contribution in [0.1, 0.15) is 18.9 Å². The van der Waals surface area contributed by atoms with E-state index in [1.54, 1.807) is 17.8 Å². The summed E-state index contributed by atoms with van der Waals surface area (Å²) < 4.78 is 27.8. The van der Waals surface area contributed by atoms with Crippen LogP contribution < -0.4 is 5.32 Å². The molecule has 0 aromatic heterocycles. The predicted molar refractivity (Wildman–Crippen MR) is 98.0 cm³/mol. The highest BCUT2D eigenvalue weighted by molar-refractivity contribution is 7.98. The highest BCUT2D eigenvalue weighted by Crippen LogP contribution is 2.15. The van der Waals surface area contributed by atoms with E-state index in [2.05, 4.69) is 5.32 Å². The van der Waals surface area contributed by atoms with Crippen LogP contribution in [0.2, 0.25) is 0 Å². The van der Waals surface area contributed by atoms with Gasteiger partial charge in [0.25, 0.3) is 5.91 Å². The Morgan fingerprint density at radius 1 is 1.32 bits per heavy atom. The average molecular weight is 383 g/mol. The molecule has 1 amide bonds. The van der Waals surface area contributed by atoms with Gasteiger partial charge in [0.15, 0.2) is 15.9 Å². The Bertz CT molecular complexity index is 756. The first-order valence-electron chi connectivity index (χ1n) is 7.82. The van der Waals surface area contributed by atoms with Crippen molar-refractivity contribution in [2.24, 2.45) is 0 Å². The van der Waals surface area contributed by atoms with Gasteiger partial charge in [0.05, 0.1) is 11.5 Å². The van der Waals surface area contributed by atoms with Crippen LogP contribution in [0.15, 0.2) is 35.2 Å². The molecule has 2 atom stereocenters. The van der Waals surface area contributed by atoms with Crippen LogP contribution >= 0.6 is 11.8 Å². The molecule has 6 nitrogen and oxygen atoms in total. The second-order valence-electron chi connectivity index (χ2n) is 5.79. The summed E-state index contributed by atoms with van der Waals surface area (Å²) in [6, 6.07) is 7.24. The maximum absolute atomic E-state index is 12.0. The molecule has 0 aliphatic carbocycles. The van der Waals surface area contributed by atoms with Crippen LogP contribution in [0.25, 0.3) is 6.08 Å². The molecular weight excluding hydrogens is 362 g/mol. The molecule has 136 valence electrons. The Morgan fingerprint density at radius 2 is 2.00 bits per heavy atom. The van der Waals surface area contributed by atoms with Gasteiger partial charge in [0, 0.05) is 17.0 Å². The zero-order chi connectivity index (χ0) is 18.4. The molecule has 1 aliphatic heterocycles. The van der Waals surface area contributed by atoms with Gasteiger partial charge in [-0.25, -0.2) is 13.2 Å². The Morgan fingerprint density at radius 3 is 2.56 bits per heavy atom. The van der Waals surface area contributed by atoms with Gasteiger partial charge in [-0.15, -0.1) is 11.8 Å². The minimum Gasteiger partial charge on any atom is -0.449 e.